The molecule has 4 aliphatic rings. The van der Waals surface area contributed by atoms with Crippen LogP contribution in [0.15, 0.2) is 36.4 Å². The van der Waals surface area contributed by atoms with E-state index in [1.165, 1.54) is 38.5 Å². The second-order valence-electron chi connectivity index (χ2n) is 10.6. The van der Waals surface area contributed by atoms with Gasteiger partial charge in [-0.3, -0.25) is 4.79 Å². The Balaban J connectivity index is 1.23. The normalized spacial score (nSPS) is 27.0. The third-order valence-electron chi connectivity index (χ3n) is 7.76. The molecule has 6 rings (SSSR count). The molecule has 4 saturated carbocycles. The van der Waals surface area contributed by atoms with Crippen LogP contribution < -0.4 is 20.1 Å². The maximum Gasteiger partial charge on any atom is 0.262 e. The fourth-order valence-corrected chi connectivity index (χ4v) is 7.00. The van der Waals surface area contributed by atoms with Crippen LogP contribution in [0.1, 0.15) is 56.6 Å². The van der Waals surface area contributed by atoms with E-state index in [0.717, 1.165) is 41.1 Å². The molecule has 0 unspecified atom stereocenters. The molecule has 0 aromatic heterocycles. The van der Waals surface area contributed by atoms with Gasteiger partial charge in [0.25, 0.3) is 5.91 Å². The quantitative estimate of drug-likeness (QED) is 0.451. The summed E-state index contributed by atoms with van der Waals surface area (Å²) in [4.78, 5) is 12.4. The highest BCUT2D eigenvalue weighted by Gasteiger charge is 2.50. The topological polar surface area (TPSA) is 59.6 Å². The summed E-state index contributed by atoms with van der Waals surface area (Å²) in [5.41, 5.74) is 3.25. The van der Waals surface area contributed by atoms with Crippen molar-refractivity contribution in [1.82, 2.24) is 5.32 Å². The maximum atomic E-state index is 12.4. The lowest BCUT2D eigenvalue weighted by atomic mass is 9.53. The SMILES string of the molecule is CCOc1cc(CNC23CC4CC(CC(C4)C2)C3)cc(Cl)c1OCC(=O)Nc1ccc(C)cc1. The number of carbonyl (C=O) groups is 1. The summed E-state index contributed by atoms with van der Waals surface area (Å²) in [7, 11) is 0. The van der Waals surface area contributed by atoms with E-state index in [1.54, 1.807) is 0 Å². The molecule has 2 aromatic rings. The zero-order valence-electron chi connectivity index (χ0n) is 20.2. The van der Waals surface area contributed by atoms with E-state index in [0.29, 0.717) is 23.1 Å². The number of amides is 1. The van der Waals surface area contributed by atoms with Gasteiger partial charge in [0.05, 0.1) is 11.6 Å². The molecule has 0 saturated heterocycles. The van der Waals surface area contributed by atoms with Crippen molar-refractivity contribution in [2.75, 3.05) is 18.5 Å². The van der Waals surface area contributed by atoms with Gasteiger partial charge in [0.15, 0.2) is 18.1 Å². The highest BCUT2D eigenvalue weighted by Crippen LogP contribution is 2.55. The predicted octanol–water partition coefficient (Wildman–Crippen LogP) is 6.12. The zero-order valence-corrected chi connectivity index (χ0v) is 20.9. The molecular weight excluding hydrogens is 448 g/mol. The van der Waals surface area contributed by atoms with E-state index in [-0.39, 0.29) is 18.1 Å². The van der Waals surface area contributed by atoms with Gasteiger partial charge in [-0.25, -0.2) is 0 Å². The Kier molecular flexibility index (Phi) is 6.76. The third kappa shape index (κ3) is 5.21. The molecule has 1 amide bonds. The lowest BCUT2D eigenvalue weighted by Gasteiger charge is -2.57. The van der Waals surface area contributed by atoms with Crippen molar-refractivity contribution in [3.8, 4) is 11.5 Å². The molecule has 2 N–H and O–H groups in total. The van der Waals surface area contributed by atoms with Crippen LogP contribution in [-0.4, -0.2) is 24.7 Å². The first-order valence-electron chi connectivity index (χ1n) is 12.6. The van der Waals surface area contributed by atoms with Crippen molar-refractivity contribution in [2.45, 2.75) is 64.5 Å². The number of rotatable bonds is 9. The number of hydrogen-bond acceptors (Lipinski definition) is 4. The van der Waals surface area contributed by atoms with Crippen molar-refractivity contribution in [1.29, 1.82) is 0 Å². The van der Waals surface area contributed by atoms with Crippen molar-refractivity contribution in [3.63, 3.8) is 0 Å². The molecule has 0 atom stereocenters. The highest BCUT2D eigenvalue weighted by atomic mass is 35.5. The van der Waals surface area contributed by atoms with E-state index in [9.17, 15) is 4.79 Å². The summed E-state index contributed by atoms with van der Waals surface area (Å²) in [5.74, 6) is 3.48. The zero-order chi connectivity index (χ0) is 23.7. The second kappa shape index (κ2) is 9.79. The standard InChI is InChI=1S/C28H35ClN2O3/c1-3-33-25-12-22(16-30-28-13-19-8-20(14-28)10-21(9-19)15-28)11-24(29)27(25)34-17-26(32)31-23-6-4-18(2)5-7-23/h4-7,11-12,19-21,30H,3,8-10,13-17H2,1-2H3,(H,31,32). The Labute approximate surface area is 207 Å². The lowest BCUT2D eigenvalue weighted by Crippen LogP contribution is -2.58. The monoisotopic (exact) mass is 482 g/mol. The van der Waals surface area contributed by atoms with Crippen LogP contribution in [0.4, 0.5) is 5.69 Å². The summed E-state index contributed by atoms with van der Waals surface area (Å²) in [5, 5.41) is 7.24. The molecule has 5 nitrogen and oxygen atoms in total. The number of halogens is 1. The largest absolute Gasteiger partial charge is 0.490 e. The molecule has 4 bridgehead atoms. The number of benzene rings is 2. The number of nitrogens with one attached hydrogen (secondary N) is 2. The van der Waals surface area contributed by atoms with E-state index < -0.39 is 0 Å². The van der Waals surface area contributed by atoms with Crippen LogP contribution in [0.3, 0.4) is 0 Å². The average molecular weight is 483 g/mol. The van der Waals surface area contributed by atoms with Crippen LogP contribution >= 0.6 is 11.6 Å². The van der Waals surface area contributed by atoms with E-state index in [4.69, 9.17) is 21.1 Å². The van der Waals surface area contributed by atoms with Crippen LogP contribution in [0.2, 0.25) is 5.02 Å². The average Bonchev–Trinajstić information content (AvgIpc) is 2.78. The van der Waals surface area contributed by atoms with Crippen molar-refractivity contribution in [3.05, 3.63) is 52.5 Å². The van der Waals surface area contributed by atoms with Gasteiger partial charge in [-0.2, -0.15) is 0 Å². The summed E-state index contributed by atoms with van der Waals surface area (Å²) in [6.45, 7) is 5.06. The Hall–Kier alpha value is -2.24. The first-order chi connectivity index (χ1) is 16.4. The highest BCUT2D eigenvalue weighted by molar-refractivity contribution is 6.32. The summed E-state index contributed by atoms with van der Waals surface area (Å²) < 4.78 is 11.7. The van der Waals surface area contributed by atoms with E-state index in [2.05, 4.69) is 10.6 Å². The van der Waals surface area contributed by atoms with Crippen LogP contribution in [0.5, 0.6) is 11.5 Å². The molecule has 182 valence electrons. The molecular formula is C28H35ClN2O3. The molecule has 4 aliphatic carbocycles. The molecule has 0 radical (unpaired) electrons. The third-order valence-corrected chi connectivity index (χ3v) is 8.04. The molecule has 2 aromatic carbocycles. The number of carbonyl (C=O) groups excluding carboxylic acids is 1. The summed E-state index contributed by atoms with van der Waals surface area (Å²) >= 11 is 6.62. The predicted molar refractivity (Wildman–Crippen MR) is 136 cm³/mol. The lowest BCUT2D eigenvalue weighted by molar-refractivity contribution is -0.118. The molecule has 0 spiro atoms. The minimum atomic E-state index is -0.241. The minimum Gasteiger partial charge on any atom is -0.490 e. The van der Waals surface area contributed by atoms with Gasteiger partial charge < -0.3 is 20.1 Å². The van der Waals surface area contributed by atoms with Gasteiger partial charge in [0, 0.05) is 17.8 Å². The van der Waals surface area contributed by atoms with Gasteiger partial charge in [-0.1, -0.05) is 29.3 Å². The Morgan fingerprint density at radius 3 is 2.29 bits per heavy atom. The van der Waals surface area contributed by atoms with Crippen LogP contribution in [-0.2, 0) is 11.3 Å². The van der Waals surface area contributed by atoms with Gasteiger partial charge in [0.1, 0.15) is 0 Å². The molecule has 34 heavy (non-hydrogen) atoms. The van der Waals surface area contributed by atoms with Crippen molar-refractivity contribution >= 4 is 23.2 Å². The van der Waals surface area contributed by atoms with Gasteiger partial charge >= 0.3 is 0 Å². The Morgan fingerprint density at radius 2 is 1.68 bits per heavy atom. The molecule has 6 heteroatoms. The first-order valence-corrected chi connectivity index (χ1v) is 13.0. The fraction of sp³-hybridized carbons (Fsp3) is 0.536. The van der Waals surface area contributed by atoms with Gasteiger partial charge in [-0.15, -0.1) is 0 Å². The van der Waals surface area contributed by atoms with Crippen LogP contribution in [0, 0.1) is 24.7 Å². The number of aryl methyl sites for hydroxylation is 1. The minimum absolute atomic E-state index is 0.140. The van der Waals surface area contributed by atoms with Gasteiger partial charge in [0.2, 0.25) is 0 Å². The number of anilines is 1. The van der Waals surface area contributed by atoms with E-state index >= 15 is 0 Å². The first kappa shape index (κ1) is 23.5. The fourth-order valence-electron chi connectivity index (χ4n) is 6.71. The van der Waals surface area contributed by atoms with Crippen LogP contribution in [0.25, 0.3) is 0 Å². The Bertz CT molecular complexity index is 1000. The van der Waals surface area contributed by atoms with Crippen molar-refractivity contribution in [2.24, 2.45) is 17.8 Å². The Morgan fingerprint density at radius 1 is 1.03 bits per heavy atom. The molecule has 0 aliphatic heterocycles. The van der Waals surface area contributed by atoms with Crippen molar-refractivity contribution < 1.29 is 14.3 Å². The molecule has 4 fully saturated rings. The summed E-state index contributed by atoms with van der Waals surface area (Å²) in [6.07, 6.45) is 8.23. The van der Waals surface area contributed by atoms with Gasteiger partial charge in [-0.05, 0) is 100.0 Å². The smallest absolute Gasteiger partial charge is 0.262 e. The summed E-state index contributed by atoms with van der Waals surface area (Å²) in [6, 6.07) is 11.6. The molecule has 0 heterocycles. The number of ether oxygens (including phenoxy) is 2. The maximum absolute atomic E-state index is 12.4. The van der Waals surface area contributed by atoms with E-state index in [1.807, 2.05) is 50.2 Å². The number of hydrogen-bond donors (Lipinski definition) is 2. The second-order valence-corrected chi connectivity index (χ2v) is 11.0.